The van der Waals surface area contributed by atoms with Crippen LogP contribution in [0.25, 0.3) is 0 Å². The molecule has 98 valence electrons. The van der Waals surface area contributed by atoms with Crippen LogP contribution in [0.2, 0.25) is 0 Å². The van der Waals surface area contributed by atoms with Gasteiger partial charge in [-0.2, -0.15) is 11.8 Å². The van der Waals surface area contributed by atoms with Crippen LogP contribution < -0.4 is 16.4 Å². The highest BCUT2D eigenvalue weighted by Gasteiger charge is 2.16. The number of amides is 1. The molecule has 0 spiro atoms. The standard InChI is InChI=1S/C13H19N3OS/c1-8(18-2)7-15-12-6-11-9(5-10(12)14)3-4-13(17)16-11/h5-6,8,15H,3-4,7,14H2,1-2H3,(H,16,17). The van der Waals surface area contributed by atoms with Gasteiger partial charge in [0.15, 0.2) is 0 Å². The first-order valence-electron chi connectivity index (χ1n) is 6.09. The highest BCUT2D eigenvalue weighted by atomic mass is 32.2. The van der Waals surface area contributed by atoms with E-state index in [4.69, 9.17) is 5.73 Å². The maximum absolute atomic E-state index is 11.4. The molecular weight excluding hydrogens is 246 g/mol. The number of thioether (sulfide) groups is 1. The molecule has 2 rings (SSSR count). The molecule has 1 unspecified atom stereocenters. The largest absolute Gasteiger partial charge is 0.397 e. The van der Waals surface area contributed by atoms with Crippen LogP contribution in [0.3, 0.4) is 0 Å². The first-order chi connectivity index (χ1) is 8.60. The number of aryl methyl sites for hydroxylation is 1. The van der Waals surface area contributed by atoms with Crippen LogP contribution in [0.15, 0.2) is 12.1 Å². The molecule has 1 aliphatic heterocycles. The fraction of sp³-hybridized carbons (Fsp3) is 0.462. The Kier molecular flexibility index (Phi) is 4.01. The van der Waals surface area contributed by atoms with Crippen LogP contribution in [0.4, 0.5) is 17.1 Å². The molecule has 1 aliphatic rings. The van der Waals surface area contributed by atoms with Crippen molar-refractivity contribution in [3.63, 3.8) is 0 Å². The van der Waals surface area contributed by atoms with Crippen LogP contribution in [0, 0.1) is 0 Å². The van der Waals surface area contributed by atoms with Gasteiger partial charge in [0.2, 0.25) is 5.91 Å². The number of carbonyl (C=O) groups is 1. The van der Waals surface area contributed by atoms with Crippen molar-refractivity contribution in [3.8, 4) is 0 Å². The van der Waals surface area contributed by atoms with Gasteiger partial charge in [-0.25, -0.2) is 0 Å². The van der Waals surface area contributed by atoms with Crippen molar-refractivity contribution in [2.45, 2.75) is 25.0 Å². The van der Waals surface area contributed by atoms with Gasteiger partial charge in [-0.1, -0.05) is 6.92 Å². The van der Waals surface area contributed by atoms with E-state index in [9.17, 15) is 4.79 Å². The Balaban J connectivity index is 2.16. The van der Waals surface area contributed by atoms with E-state index in [1.807, 2.05) is 12.1 Å². The molecule has 1 atom stereocenters. The summed E-state index contributed by atoms with van der Waals surface area (Å²) in [6.45, 7) is 3.02. The number of nitrogen functional groups attached to an aromatic ring is 1. The SMILES string of the molecule is CSC(C)CNc1cc2c(cc1N)CCC(=O)N2. The number of nitrogens with one attached hydrogen (secondary N) is 2. The molecule has 0 aromatic heterocycles. The molecule has 1 aromatic carbocycles. The van der Waals surface area contributed by atoms with Gasteiger partial charge in [0.05, 0.1) is 11.4 Å². The third kappa shape index (κ3) is 2.90. The van der Waals surface area contributed by atoms with E-state index >= 15 is 0 Å². The van der Waals surface area contributed by atoms with E-state index in [1.54, 1.807) is 11.8 Å². The van der Waals surface area contributed by atoms with Gasteiger partial charge < -0.3 is 16.4 Å². The fourth-order valence-electron chi connectivity index (χ4n) is 1.94. The summed E-state index contributed by atoms with van der Waals surface area (Å²) < 4.78 is 0. The van der Waals surface area contributed by atoms with Crippen LogP contribution in [-0.2, 0) is 11.2 Å². The summed E-state index contributed by atoms with van der Waals surface area (Å²) in [6.07, 6.45) is 3.40. The number of hydrogen-bond donors (Lipinski definition) is 3. The van der Waals surface area contributed by atoms with E-state index < -0.39 is 0 Å². The molecule has 1 aromatic rings. The van der Waals surface area contributed by atoms with Crippen LogP contribution in [0.5, 0.6) is 0 Å². The summed E-state index contributed by atoms with van der Waals surface area (Å²) >= 11 is 1.81. The van der Waals surface area contributed by atoms with Crippen molar-refractivity contribution in [2.75, 3.05) is 29.2 Å². The highest BCUT2D eigenvalue weighted by molar-refractivity contribution is 7.99. The summed E-state index contributed by atoms with van der Waals surface area (Å²) in [5, 5.41) is 6.74. The Morgan fingerprint density at radius 2 is 2.28 bits per heavy atom. The lowest BCUT2D eigenvalue weighted by Crippen LogP contribution is -2.20. The van der Waals surface area contributed by atoms with Crippen LogP contribution >= 0.6 is 11.8 Å². The zero-order valence-corrected chi connectivity index (χ0v) is 11.6. The summed E-state index contributed by atoms with van der Waals surface area (Å²) in [5.74, 6) is 0.0794. The van der Waals surface area contributed by atoms with Gasteiger partial charge in [-0.05, 0) is 30.4 Å². The lowest BCUT2D eigenvalue weighted by atomic mass is 10.0. The summed E-state index contributed by atoms with van der Waals surface area (Å²) in [7, 11) is 0. The minimum Gasteiger partial charge on any atom is -0.397 e. The number of benzene rings is 1. The maximum Gasteiger partial charge on any atom is 0.224 e. The minimum atomic E-state index is 0.0794. The third-order valence-corrected chi connectivity index (χ3v) is 4.12. The highest BCUT2D eigenvalue weighted by Crippen LogP contribution is 2.31. The molecule has 0 saturated carbocycles. The van der Waals surface area contributed by atoms with Gasteiger partial charge in [0.25, 0.3) is 0 Å². The normalized spacial score (nSPS) is 15.8. The molecule has 0 bridgehead atoms. The van der Waals surface area contributed by atoms with Crippen molar-refractivity contribution < 1.29 is 4.79 Å². The molecule has 5 heteroatoms. The smallest absolute Gasteiger partial charge is 0.224 e. The Bertz CT molecular complexity index is 462. The fourth-order valence-corrected chi connectivity index (χ4v) is 2.19. The zero-order valence-electron chi connectivity index (χ0n) is 10.7. The average Bonchev–Trinajstić information content (AvgIpc) is 2.36. The zero-order chi connectivity index (χ0) is 13.1. The Morgan fingerprint density at radius 3 is 3.00 bits per heavy atom. The monoisotopic (exact) mass is 265 g/mol. The van der Waals surface area contributed by atoms with Gasteiger partial charge >= 0.3 is 0 Å². The quantitative estimate of drug-likeness (QED) is 0.731. The van der Waals surface area contributed by atoms with Crippen molar-refractivity contribution in [2.24, 2.45) is 0 Å². The average molecular weight is 265 g/mol. The molecule has 0 radical (unpaired) electrons. The van der Waals surface area contributed by atoms with E-state index in [0.29, 0.717) is 11.7 Å². The predicted molar refractivity (Wildman–Crippen MR) is 79.3 cm³/mol. The van der Waals surface area contributed by atoms with Gasteiger partial charge in [-0.3, -0.25) is 4.79 Å². The molecule has 0 aliphatic carbocycles. The summed E-state index contributed by atoms with van der Waals surface area (Å²) in [6, 6.07) is 3.90. The topological polar surface area (TPSA) is 67.1 Å². The van der Waals surface area contributed by atoms with Crippen LogP contribution in [-0.4, -0.2) is 24.0 Å². The Hall–Kier alpha value is -1.36. The molecule has 0 fully saturated rings. The first kappa shape index (κ1) is 13.1. The molecule has 1 heterocycles. The summed E-state index contributed by atoms with van der Waals surface area (Å²) in [4.78, 5) is 11.4. The lowest BCUT2D eigenvalue weighted by Gasteiger charge is -2.20. The minimum absolute atomic E-state index is 0.0794. The molecular formula is C13H19N3OS. The van der Waals surface area contributed by atoms with E-state index in [0.717, 1.165) is 35.6 Å². The Morgan fingerprint density at radius 1 is 1.50 bits per heavy atom. The van der Waals surface area contributed by atoms with Crippen molar-refractivity contribution in [3.05, 3.63) is 17.7 Å². The number of rotatable bonds is 4. The van der Waals surface area contributed by atoms with Gasteiger partial charge in [0.1, 0.15) is 0 Å². The number of hydrogen-bond acceptors (Lipinski definition) is 4. The molecule has 4 nitrogen and oxygen atoms in total. The second-order valence-corrected chi connectivity index (χ2v) is 5.85. The number of carbonyl (C=O) groups excluding carboxylic acids is 1. The van der Waals surface area contributed by atoms with Gasteiger partial charge in [0, 0.05) is 23.9 Å². The second-order valence-electron chi connectivity index (χ2n) is 4.57. The van der Waals surface area contributed by atoms with Crippen molar-refractivity contribution in [1.29, 1.82) is 0 Å². The molecule has 0 saturated heterocycles. The first-order valence-corrected chi connectivity index (χ1v) is 7.38. The third-order valence-electron chi connectivity index (χ3n) is 3.15. The second kappa shape index (κ2) is 5.52. The number of nitrogens with two attached hydrogens (primary N) is 1. The van der Waals surface area contributed by atoms with E-state index in [2.05, 4.69) is 23.8 Å². The Labute approximate surface area is 112 Å². The predicted octanol–water partition coefficient (Wildman–Crippen LogP) is 2.32. The molecule has 4 N–H and O–H groups in total. The molecule has 1 amide bonds. The van der Waals surface area contributed by atoms with Gasteiger partial charge in [-0.15, -0.1) is 0 Å². The maximum atomic E-state index is 11.4. The van der Waals surface area contributed by atoms with Crippen molar-refractivity contribution in [1.82, 2.24) is 0 Å². The molecule has 18 heavy (non-hydrogen) atoms. The number of fused-ring (bicyclic) bond motifs is 1. The van der Waals surface area contributed by atoms with Crippen molar-refractivity contribution >= 4 is 34.7 Å². The van der Waals surface area contributed by atoms with Crippen LogP contribution in [0.1, 0.15) is 18.9 Å². The van der Waals surface area contributed by atoms with E-state index in [1.165, 1.54) is 0 Å². The number of anilines is 3. The van der Waals surface area contributed by atoms with E-state index in [-0.39, 0.29) is 5.91 Å². The lowest BCUT2D eigenvalue weighted by molar-refractivity contribution is -0.116. The summed E-state index contributed by atoms with van der Waals surface area (Å²) in [5.41, 5.74) is 9.68.